The molecule has 16 heavy (non-hydrogen) atoms. The topological polar surface area (TPSA) is 49.4 Å². The monoisotopic (exact) mass is 260 g/mol. The molecule has 0 aromatic heterocycles. The van der Waals surface area contributed by atoms with Crippen LogP contribution < -0.4 is 4.72 Å². The molecule has 0 fully saturated rings. The van der Waals surface area contributed by atoms with Crippen LogP contribution in [-0.2, 0) is 16.8 Å². The normalized spacial score (nSPS) is 12.0. The zero-order chi connectivity index (χ0) is 12.2. The molecule has 0 aliphatic carbocycles. The van der Waals surface area contributed by atoms with Gasteiger partial charge in [0.15, 0.2) is 0 Å². The molecule has 1 N–H and O–H groups in total. The first-order valence-corrected chi connectivity index (χ1v) is 7.42. The highest BCUT2D eigenvalue weighted by molar-refractivity contribution is 7.98. The van der Waals surface area contributed by atoms with Crippen molar-refractivity contribution in [1.29, 1.82) is 0 Å². The fourth-order valence-electron chi connectivity index (χ4n) is 1.05. The second-order valence-corrected chi connectivity index (χ2v) is 6.31. The SMILES string of the molecule is CSc1ccc(CNS(=O)(=O)N(C)C)cc1. The van der Waals surface area contributed by atoms with Gasteiger partial charge < -0.3 is 0 Å². The van der Waals surface area contributed by atoms with Crippen LogP contribution in [0, 0.1) is 0 Å². The number of nitrogens with one attached hydrogen (secondary N) is 1. The van der Waals surface area contributed by atoms with E-state index in [9.17, 15) is 8.42 Å². The van der Waals surface area contributed by atoms with Crippen molar-refractivity contribution < 1.29 is 8.42 Å². The molecular formula is C10H16N2O2S2. The Balaban J connectivity index is 2.62. The zero-order valence-electron chi connectivity index (χ0n) is 9.60. The molecule has 0 saturated carbocycles. The van der Waals surface area contributed by atoms with Crippen molar-refractivity contribution in [3.63, 3.8) is 0 Å². The van der Waals surface area contributed by atoms with Crippen molar-refractivity contribution in [1.82, 2.24) is 9.03 Å². The first-order chi connectivity index (χ1) is 7.45. The van der Waals surface area contributed by atoms with Gasteiger partial charge in [0, 0.05) is 25.5 Å². The highest BCUT2D eigenvalue weighted by Crippen LogP contribution is 2.14. The fraction of sp³-hybridized carbons (Fsp3) is 0.400. The Morgan fingerprint density at radius 1 is 1.25 bits per heavy atom. The first kappa shape index (κ1) is 13.5. The third kappa shape index (κ3) is 3.79. The van der Waals surface area contributed by atoms with Crippen LogP contribution >= 0.6 is 11.8 Å². The number of nitrogens with zero attached hydrogens (tertiary/aromatic N) is 1. The minimum absolute atomic E-state index is 0.315. The summed E-state index contributed by atoms with van der Waals surface area (Å²) in [6, 6.07) is 7.79. The van der Waals surface area contributed by atoms with Gasteiger partial charge in [0.2, 0.25) is 0 Å². The number of rotatable bonds is 5. The maximum atomic E-state index is 11.4. The molecule has 0 unspecified atom stereocenters. The van der Waals surface area contributed by atoms with E-state index in [1.54, 1.807) is 11.8 Å². The number of thioether (sulfide) groups is 1. The molecule has 0 heterocycles. The van der Waals surface area contributed by atoms with Gasteiger partial charge in [0.05, 0.1) is 0 Å². The average molecular weight is 260 g/mol. The molecule has 1 aromatic rings. The van der Waals surface area contributed by atoms with Crippen molar-refractivity contribution in [2.24, 2.45) is 0 Å². The molecule has 0 aliphatic rings. The summed E-state index contributed by atoms with van der Waals surface area (Å²) < 4.78 is 26.5. The minimum atomic E-state index is -3.33. The van der Waals surface area contributed by atoms with Crippen LogP contribution in [0.15, 0.2) is 29.2 Å². The van der Waals surface area contributed by atoms with E-state index < -0.39 is 10.2 Å². The summed E-state index contributed by atoms with van der Waals surface area (Å²) in [5.41, 5.74) is 0.947. The molecule has 6 heteroatoms. The molecule has 0 atom stereocenters. The van der Waals surface area contributed by atoms with Crippen LogP contribution in [0.25, 0.3) is 0 Å². The van der Waals surface area contributed by atoms with Crippen LogP contribution in [0.3, 0.4) is 0 Å². The van der Waals surface area contributed by atoms with Gasteiger partial charge in [-0.25, -0.2) is 0 Å². The Morgan fingerprint density at radius 2 is 1.81 bits per heavy atom. The molecule has 1 rings (SSSR count). The molecule has 90 valence electrons. The van der Waals surface area contributed by atoms with Gasteiger partial charge in [-0.3, -0.25) is 0 Å². The number of benzene rings is 1. The fourth-order valence-corrected chi connectivity index (χ4v) is 2.06. The lowest BCUT2D eigenvalue weighted by Crippen LogP contribution is -2.35. The predicted octanol–water partition coefficient (Wildman–Crippen LogP) is 1.30. The third-order valence-electron chi connectivity index (χ3n) is 2.10. The predicted molar refractivity (Wildman–Crippen MR) is 67.7 cm³/mol. The molecule has 0 saturated heterocycles. The molecule has 0 aliphatic heterocycles. The number of hydrogen-bond donors (Lipinski definition) is 1. The highest BCUT2D eigenvalue weighted by Gasteiger charge is 2.11. The Kier molecular flexibility index (Phi) is 4.79. The van der Waals surface area contributed by atoms with Crippen LogP contribution in [0.4, 0.5) is 0 Å². The number of hydrogen-bond acceptors (Lipinski definition) is 3. The van der Waals surface area contributed by atoms with Gasteiger partial charge >= 0.3 is 0 Å². The highest BCUT2D eigenvalue weighted by atomic mass is 32.2. The van der Waals surface area contributed by atoms with Gasteiger partial charge in [-0.15, -0.1) is 11.8 Å². The summed E-state index contributed by atoms with van der Waals surface area (Å²) in [5, 5.41) is 0. The Labute approximate surface area is 101 Å². The summed E-state index contributed by atoms with van der Waals surface area (Å²) in [5.74, 6) is 0. The summed E-state index contributed by atoms with van der Waals surface area (Å²) in [6.07, 6.45) is 2.00. The van der Waals surface area contributed by atoms with Crippen molar-refractivity contribution in [2.45, 2.75) is 11.4 Å². The quantitative estimate of drug-likeness (QED) is 0.812. The van der Waals surface area contributed by atoms with Crippen LogP contribution in [0.1, 0.15) is 5.56 Å². The third-order valence-corrected chi connectivity index (χ3v) is 4.31. The summed E-state index contributed by atoms with van der Waals surface area (Å²) in [7, 11) is -0.336. The second-order valence-electron chi connectivity index (χ2n) is 3.46. The molecule has 0 bridgehead atoms. The maximum absolute atomic E-state index is 11.4. The van der Waals surface area contributed by atoms with E-state index >= 15 is 0 Å². The second kappa shape index (κ2) is 5.67. The van der Waals surface area contributed by atoms with Gasteiger partial charge in [-0.05, 0) is 24.0 Å². The van der Waals surface area contributed by atoms with Crippen molar-refractivity contribution in [3.05, 3.63) is 29.8 Å². The Morgan fingerprint density at radius 3 is 2.25 bits per heavy atom. The van der Waals surface area contributed by atoms with Crippen molar-refractivity contribution in [2.75, 3.05) is 20.4 Å². The van der Waals surface area contributed by atoms with Crippen molar-refractivity contribution >= 4 is 22.0 Å². The van der Waals surface area contributed by atoms with Crippen molar-refractivity contribution in [3.8, 4) is 0 Å². The summed E-state index contributed by atoms with van der Waals surface area (Å²) >= 11 is 1.66. The van der Waals surface area contributed by atoms with Gasteiger partial charge in [-0.1, -0.05) is 12.1 Å². The van der Waals surface area contributed by atoms with Gasteiger partial charge in [0.1, 0.15) is 0 Å². The van der Waals surface area contributed by atoms with E-state index in [0.29, 0.717) is 6.54 Å². The van der Waals surface area contributed by atoms with E-state index in [0.717, 1.165) is 9.87 Å². The molecule has 0 spiro atoms. The smallest absolute Gasteiger partial charge is 0.198 e. The molecular weight excluding hydrogens is 244 g/mol. The van der Waals surface area contributed by atoms with Crippen LogP contribution in [-0.4, -0.2) is 33.1 Å². The lowest BCUT2D eigenvalue weighted by Gasteiger charge is -2.12. The zero-order valence-corrected chi connectivity index (χ0v) is 11.2. The minimum Gasteiger partial charge on any atom is -0.198 e. The van der Waals surface area contributed by atoms with Gasteiger partial charge in [0.25, 0.3) is 10.2 Å². The van der Waals surface area contributed by atoms with E-state index in [1.165, 1.54) is 19.0 Å². The standard InChI is InChI=1S/C10H16N2O2S2/c1-12(2)16(13,14)11-8-9-4-6-10(15-3)7-5-9/h4-7,11H,8H2,1-3H3. The molecule has 4 nitrogen and oxygen atoms in total. The van der Waals surface area contributed by atoms with Gasteiger partial charge in [-0.2, -0.15) is 17.4 Å². The molecule has 0 amide bonds. The van der Waals surface area contributed by atoms with E-state index in [4.69, 9.17) is 0 Å². The van der Waals surface area contributed by atoms with Crippen LogP contribution in [0.5, 0.6) is 0 Å². The lowest BCUT2D eigenvalue weighted by molar-refractivity contribution is 0.505. The molecule has 0 radical (unpaired) electrons. The first-order valence-electron chi connectivity index (χ1n) is 4.76. The van der Waals surface area contributed by atoms with E-state index in [1.807, 2.05) is 30.5 Å². The average Bonchev–Trinajstić information content (AvgIpc) is 2.27. The summed E-state index contributed by atoms with van der Waals surface area (Å²) in [4.78, 5) is 1.17. The van der Waals surface area contributed by atoms with Crippen LogP contribution in [0.2, 0.25) is 0 Å². The lowest BCUT2D eigenvalue weighted by atomic mass is 10.2. The van der Waals surface area contributed by atoms with E-state index in [-0.39, 0.29) is 0 Å². The Hall–Kier alpha value is -0.560. The maximum Gasteiger partial charge on any atom is 0.279 e. The summed E-state index contributed by atoms with van der Waals surface area (Å²) in [6.45, 7) is 0.315. The molecule has 1 aromatic carbocycles. The Bertz CT molecular complexity index is 427. The largest absolute Gasteiger partial charge is 0.279 e. The van der Waals surface area contributed by atoms with E-state index in [2.05, 4.69) is 4.72 Å².